The van der Waals surface area contributed by atoms with Gasteiger partial charge in [-0.1, -0.05) is 0 Å². The highest BCUT2D eigenvalue weighted by molar-refractivity contribution is 6.01. The summed E-state index contributed by atoms with van der Waals surface area (Å²) >= 11 is 0. The average Bonchev–Trinajstić information content (AvgIpc) is 3.29. The number of pyridine rings is 1. The molecule has 10 nitrogen and oxygen atoms in total. The van der Waals surface area contributed by atoms with E-state index in [0.717, 1.165) is 12.8 Å². The number of ether oxygens (including phenoxy) is 1. The molecular formula is C21H23N7O3. The van der Waals surface area contributed by atoms with Crippen molar-refractivity contribution in [2.45, 2.75) is 31.9 Å². The van der Waals surface area contributed by atoms with Crippen molar-refractivity contribution < 1.29 is 14.3 Å². The molecule has 160 valence electrons. The van der Waals surface area contributed by atoms with Gasteiger partial charge < -0.3 is 21.1 Å². The number of nitrogens with two attached hydrogens (primary N) is 2. The van der Waals surface area contributed by atoms with Crippen molar-refractivity contribution in [1.29, 1.82) is 0 Å². The van der Waals surface area contributed by atoms with E-state index in [-0.39, 0.29) is 23.6 Å². The third kappa shape index (κ3) is 4.32. The van der Waals surface area contributed by atoms with Crippen LogP contribution < -0.4 is 16.2 Å². The first-order valence-corrected chi connectivity index (χ1v) is 9.92. The number of amides is 2. The second-order valence-corrected chi connectivity index (χ2v) is 7.47. The monoisotopic (exact) mass is 421 g/mol. The number of carbonyl (C=O) groups is 2. The lowest BCUT2D eigenvalue weighted by Crippen LogP contribution is -2.49. The number of rotatable bonds is 5. The van der Waals surface area contributed by atoms with Gasteiger partial charge in [0.2, 0.25) is 11.8 Å². The van der Waals surface area contributed by atoms with Crippen molar-refractivity contribution in [2.75, 3.05) is 12.3 Å². The second kappa shape index (κ2) is 8.42. The standard InChI is InChI=1S/C21H23N7O3/c1-13-2-4-16(31-19-11-15(22)6-7-24-19)12-27(13)21(30)17-10-14(20(23)29)3-5-18(17)28-25-8-9-26-28/h3,5-11,13,16H,2,4,12H2,1H3,(H2,22,24)(H2,23,29). The minimum atomic E-state index is -0.616. The minimum Gasteiger partial charge on any atom is -0.472 e. The predicted octanol–water partition coefficient (Wildman–Crippen LogP) is 1.42. The fourth-order valence-electron chi connectivity index (χ4n) is 3.64. The molecule has 1 aliphatic rings. The quantitative estimate of drug-likeness (QED) is 0.634. The Balaban J connectivity index is 1.62. The number of likely N-dealkylation sites (tertiary alicyclic amines) is 1. The highest BCUT2D eigenvalue weighted by Crippen LogP contribution is 2.26. The SMILES string of the molecule is CC1CCC(Oc2cc(N)ccn2)CN1C(=O)c1cc(C(N)=O)ccc1-n1nccn1. The Morgan fingerprint density at radius 3 is 2.58 bits per heavy atom. The number of nitrogens with zero attached hydrogens (tertiary/aromatic N) is 5. The molecule has 0 spiro atoms. The van der Waals surface area contributed by atoms with Crippen molar-refractivity contribution in [3.05, 3.63) is 60.0 Å². The number of hydrogen-bond acceptors (Lipinski definition) is 7. The van der Waals surface area contributed by atoms with Crippen LogP contribution in [0.2, 0.25) is 0 Å². The number of piperidine rings is 1. The first-order valence-electron chi connectivity index (χ1n) is 9.92. The molecule has 2 amide bonds. The van der Waals surface area contributed by atoms with Crippen LogP contribution in [0.3, 0.4) is 0 Å². The van der Waals surface area contributed by atoms with Crippen molar-refractivity contribution >= 4 is 17.5 Å². The molecule has 3 heterocycles. The van der Waals surface area contributed by atoms with Crippen molar-refractivity contribution in [3.8, 4) is 11.6 Å². The van der Waals surface area contributed by atoms with Crippen LogP contribution in [0.1, 0.15) is 40.5 Å². The summed E-state index contributed by atoms with van der Waals surface area (Å²) in [7, 11) is 0. The molecule has 31 heavy (non-hydrogen) atoms. The molecule has 4 N–H and O–H groups in total. The maximum absolute atomic E-state index is 13.6. The summed E-state index contributed by atoms with van der Waals surface area (Å²) in [6.07, 6.45) is 5.90. The predicted molar refractivity (Wildman–Crippen MR) is 113 cm³/mol. The topological polar surface area (TPSA) is 142 Å². The third-order valence-corrected chi connectivity index (χ3v) is 5.29. The highest BCUT2D eigenvalue weighted by Gasteiger charge is 2.32. The van der Waals surface area contributed by atoms with Gasteiger partial charge in [0.05, 0.1) is 30.2 Å². The Morgan fingerprint density at radius 2 is 1.87 bits per heavy atom. The fourth-order valence-corrected chi connectivity index (χ4v) is 3.64. The van der Waals surface area contributed by atoms with Crippen LogP contribution in [-0.2, 0) is 0 Å². The summed E-state index contributed by atoms with van der Waals surface area (Å²) in [5.74, 6) is -0.449. The van der Waals surface area contributed by atoms with Gasteiger partial charge in [-0.15, -0.1) is 0 Å². The number of anilines is 1. The molecule has 1 fully saturated rings. The van der Waals surface area contributed by atoms with E-state index < -0.39 is 5.91 Å². The van der Waals surface area contributed by atoms with Crippen LogP contribution in [0.15, 0.2) is 48.9 Å². The molecule has 0 aliphatic carbocycles. The molecule has 0 bridgehead atoms. The van der Waals surface area contributed by atoms with E-state index in [1.807, 2.05) is 6.92 Å². The van der Waals surface area contributed by atoms with Gasteiger partial charge in [-0.3, -0.25) is 9.59 Å². The van der Waals surface area contributed by atoms with E-state index in [2.05, 4.69) is 15.2 Å². The van der Waals surface area contributed by atoms with Crippen molar-refractivity contribution in [2.24, 2.45) is 5.73 Å². The van der Waals surface area contributed by atoms with E-state index in [9.17, 15) is 9.59 Å². The van der Waals surface area contributed by atoms with E-state index in [4.69, 9.17) is 16.2 Å². The van der Waals surface area contributed by atoms with Gasteiger partial charge in [0.15, 0.2) is 0 Å². The smallest absolute Gasteiger partial charge is 0.256 e. The summed E-state index contributed by atoms with van der Waals surface area (Å²) in [5.41, 5.74) is 12.8. The second-order valence-electron chi connectivity index (χ2n) is 7.47. The van der Waals surface area contributed by atoms with E-state index >= 15 is 0 Å². The number of carbonyl (C=O) groups excluding carboxylic acids is 2. The maximum Gasteiger partial charge on any atom is 0.256 e. The molecule has 1 saturated heterocycles. The zero-order valence-corrected chi connectivity index (χ0v) is 17.0. The Kier molecular flexibility index (Phi) is 5.52. The molecule has 2 aromatic heterocycles. The largest absolute Gasteiger partial charge is 0.472 e. The fraction of sp³-hybridized carbons (Fsp3) is 0.286. The van der Waals surface area contributed by atoms with Gasteiger partial charge in [0.1, 0.15) is 6.10 Å². The molecule has 2 atom stereocenters. The lowest BCUT2D eigenvalue weighted by molar-refractivity contribution is 0.0373. The molecule has 3 aromatic rings. The number of hydrogen-bond donors (Lipinski definition) is 2. The molecule has 2 unspecified atom stereocenters. The molecule has 1 aliphatic heterocycles. The Hall–Kier alpha value is -3.95. The summed E-state index contributed by atoms with van der Waals surface area (Å²) in [6.45, 7) is 2.35. The van der Waals surface area contributed by atoms with Gasteiger partial charge in [-0.05, 0) is 44.0 Å². The average molecular weight is 421 g/mol. The Labute approximate surface area is 178 Å². The number of aromatic nitrogens is 4. The molecule has 1 aromatic carbocycles. The van der Waals surface area contributed by atoms with Crippen LogP contribution in [0.25, 0.3) is 5.69 Å². The zero-order valence-electron chi connectivity index (χ0n) is 17.0. The number of nitrogen functional groups attached to an aromatic ring is 1. The van der Waals surface area contributed by atoms with E-state index in [0.29, 0.717) is 29.4 Å². The zero-order chi connectivity index (χ0) is 22.0. The van der Waals surface area contributed by atoms with Crippen molar-refractivity contribution in [3.63, 3.8) is 0 Å². The Morgan fingerprint density at radius 1 is 1.10 bits per heavy atom. The summed E-state index contributed by atoms with van der Waals surface area (Å²) in [6, 6.07) is 7.97. The van der Waals surface area contributed by atoms with Gasteiger partial charge in [0.25, 0.3) is 5.91 Å². The highest BCUT2D eigenvalue weighted by atomic mass is 16.5. The van der Waals surface area contributed by atoms with Crippen LogP contribution in [0.5, 0.6) is 5.88 Å². The first kappa shape index (κ1) is 20.3. The van der Waals surface area contributed by atoms with Gasteiger partial charge in [-0.25, -0.2) is 4.98 Å². The summed E-state index contributed by atoms with van der Waals surface area (Å²) in [5, 5.41) is 8.24. The molecule has 4 rings (SSSR count). The van der Waals surface area contributed by atoms with Crippen LogP contribution >= 0.6 is 0 Å². The normalized spacial score (nSPS) is 18.5. The summed E-state index contributed by atoms with van der Waals surface area (Å²) < 4.78 is 5.98. The maximum atomic E-state index is 13.6. The van der Waals surface area contributed by atoms with E-state index in [1.54, 1.807) is 35.4 Å². The van der Waals surface area contributed by atoms with Gasteiger partial charge in [0, 0.05) is 29.6 Å². The lowest BCUT2D eigenvalue weighted by atomic mass is 9.98. The molecule has 0 radical (unpaired) electrons. The first-order chi connectivity index (χ1) is 14.9. The van der Waals surface area contributed by atoms with Gasteiger partial charge in [-0.2, -0.15) is 15.0 Å². The lowest BCUT2D eigenvalue weighted by Gasteiger charge is -2.38. The van der Waals surface area contributed by atoms with E-state index in [1.165, 1.54) is 23.3 Å². The molecule has 10 heteroatoms. The molecule has 0 saturated carbocycles. The van der Waals surface area contributed by atoms with Crippen LogP contribution in [0.4, 0.5) is 5.69 Å². The number of primary amides is 1. The number of benzene rings is 1. The van der Waals surface area contributed by atoms with Gasteiger partial charge >= 0.3 is 0 Å². The minimum absolute atomic E-state index is 0.0168. The van der Waals surface area contributed by atoms with Crippen LogP contribution in [-0.4, -0.2) is 55.4 Å². The van der Waals surface area contributed by atoms with Crippen molar-refractivity contribution in [1.82, 2.24) is 24.9 Å². The summed E-state index contributed by atoms with van der Waals surface area (Å²) in [4.78, 5) is 32.5. The van der Waals surface area contributed by atoms with Crippen LogP contribution in [0, 0.1) is 0 Å². The third-order valence-electron chi connectivity index (χ3n) is 5.29. The Bertz CT molecular complexity index is 1100. The molecular weight excluding hydrogens is 398 g/mol.